The molecular weight excluding hydrogens is 372 g/mol. The van der Waals surface area contributed by atoms with Crippen LogP contribution in [0.1, 0.15) is 40.5 Å². The molecule has 1 N–H and O–H groups in total. The van der Waals surface area contributed by atoms with E-state index < -0.39 is 0 Å². The SMILES string of the molecule is COc1ccc(CN2CCN(C(=O)c3cc(C4CC4)[nH]n3)CC2)c(OC)c1OC. The van der Waals surface area contributed by atoms with E-state index in [0.717, 1.165) is 30.9 Å². The fraction of sp³-hybridized carbons (Fsp3) is 0.524. The van der Waals surface area contributed by atoms with Crippen LogP contribution in [0, 0.1) is 0 Å². The standard InChI is InChI=1S/C21H28N4O4/c1-27-18-7-6-15(19(28-2)20(18)29-3)13-24-8-10-25(11-9-24)21(26)17-12-16(22-23-17)14-4-5-14/h6-7,12,14H,4-5,8-11,13H2,1-3H3,(H,22,23). The molecule has 0 bridgehead atoms. The van der Waals surface area contributed by atoms with Crippen molar-refractivity contribution in [1.29, 1.82) is 0 Å². The van der Waals surface area contributed by atoms with Crippen molar-refractivity contribution < 1.29 is 19.0 Å². The van der Waals surface area contributed by atoms with Crippen LogP contribution < -0.4 is 14.2 Å². The Morgan fingerprint density at radius 1 is 1.07 bits per heavy atom. The van der Waals surface area contributed by atoms with Gasteiger partial charge in [-0.3, -0.25) is 14.8 Å². The van der Waals surface area contributed by atoms with Gasteiger partial charge in [-0.05, 0) is 25.0 Å². The molecule has 1 aromatic heterocycles. The number of ether oxygens (including phenoxy) is 3. The number of H-pyrrole nitrogens is 1. The molecular formula is C21H28N4O4. The van der Waals surface area contributed by atoms with E-state index in [-0.39, 0.29) is 5.91 Å². The maximum atomic E-state index is 12.8. The zero-order chi connectivity index (χ0) is 20.4. The quantitative estimate of drug-likeness (QED) is 0.768. The van der Waals surface area contributed by atoms with Gasteiger partial charge in [0.1, 0.15) is 5.69 Å². The maximum Gasteiger partial charge on any atom is 0.274 e. The lowest BCUT2D eigenvalue weighted by atomic mass is 10.1. The van der Waals surface area contributed by atoms with Gasteiger partial charge in [0.05, 0.1) is 21.3 Å². The lowest BCUT2D eigenvalue weighted by molar-refractivity contribution is 0.0621. The normalized spacial score (nSPS) is 17.3. The van der Waals surface area contributed by atoms with Gasteiger partial charge in [0.2, 0.25) is 5.75 Å². The van der Waals surface area contributed by atoms with Crippen LogP contribution in [0.15, 0.2) is 18.2 Å². The highest BCUT2D eigenvalue weighted by Crippen LogP contribution is 2.40. The molecule has 2 aromatic rings. The minimum absolute atomic E-state index is 0.0106. The molecule has 2 heterocycles. The topological polar surface area (TPSA) is 79.9 Å². The highest BCUT2D eigenvalue weighted by Gasteiger charge is 2.29. The van der Waals surface area contributed by atoms with Crippen LogP contribution in [0.25, 0.3) is 0 Å². The first-order chi connectivity index (χ1) is 14.1. The lowest BCUT2D eigenvalue weighted by Gasteiger charge is -2.34. The molecule has 156 valence electrons. The highest BCUT2D eigenvalue weighted by atomic mass is 16.5. The number of benzene rings is 1. The lowest BCUT2D eigenvalue weighted by Crippen LogP contribution is -2.48. The first kappa shape index (κ1) is 19.6. The Labute approximate surface area is 170 Å². The zero-order valence-corrected chi connectivity index (χ0v) is 17.2. The predicted octanol–water partition coefficient (Wildman–Crippen LogP) is 2.27. The van der Waals surface area contributed by atoms with E-state index in [1.807, 2.05) is 23.1 Å². The Balaban J connectivity index is 1.38. The maximum absolute atomic E-state index is 12.8. The van der Waals surface area contributed by atoms with Gasteiger partial charge >= 0.3 is 0 Å². The fourth-order valence-electron chi connectivity index (χ4n) is 3.85. The van der Waals surface area contributed by atoms with E-state index in [4.69, 9.17) is 14.2 Å². The summed E-state index contributed by atoms with van der Waals surface area (Å²) in [6.07, 6.45) is 2.38. The molecule has 1 aromatic carbocycles. The third-order valence-electron chi connectivity index (χ3n) is 5.67. The largest absolute Gasteiger partial charge is 0.493 e. The molecule has 2 fully saturated rings. The van der Waals surface area contributed by atoms with Gasteiger partial charge in [-0.2, -0.15) is 5.10 Å². The fourth-order valence-corrected chi connectivity index (χ4v) is 3.85. The van der Waals surface area contributed by atoms with Crippen LogP contribution in [0.2, 0.25) is 0 Å². The van der Waals surface area contributed by atoms with Gasteiger partial charge in [-0.1, -0.05) is 6.07 Å². The number of aromatic nitrogens is 2. The third-order valence-corrected chi connectivity index (χ3v) is 5.67. The number of carbonyl (C=O) groups excluding carboxylic acids is 1. The summed E-state index contributed by atoms with van der Waals surface area (Å²) < 4.78 is 16.4. The van der Waals surface area contributed by atoms with Crippen LogP contribution in [-0.4, -0.2) is 73.4 Å². The Kier molecular flexibility index (Phi) is 5.62. The number of nitrogens with one attached hydrogen (secondary N) is 1. The van der Waals surface area contributed by atoms with E-state index in [1.165, 1.54) is 12.8 Å². The number of methoxy groups -OCH3 is 3. The monoisotopic (exact) mass is 400 g/mol. The number of nitrogens with zero attached hydrogens (tertiary/aromatic N) is 3. The smallest absolute Gasteiger partial charge is 0.274 e. The van der Waals surface area contributed by atoms with E-state index in [2.05, 4.69) is 15.1 Å². The summed E-state index contributed by atoms with van der Waals surface area (Å²) in [5.41, 5.74) is 2.65. The molecule has 29 heavy (non-hydrogen) atoms. The van der Waals surface area contributed by atoms with Crippen LogP contribution in [-0.2, 0) is 6.54 Å². The minimum atomic E-state index is 0.0106. The van der Waals surface area contributed by atoms with E-state index >= 15 is 0 Å². The number of aromatic amines is 1. The van der Waals surface area contributed by atoms with Gasteiger partial charge in [0.25, 0.3) is 5.91 Å². The summed E-state index contributed by atoms with van der Waals surface area (Å²) in [5, 5.41) is 7.24. The molecule has 0 radical (unpaired) electrons. The van der Waals surface area contributed by atoms with Crippen LogP contribution >= 0.6 is 0 Å². The van der Waals surface area contributed by atoms with E-state index in [9.17, 15) is 4.79 Å². The van der Waals surface area contributed by atoms with Crippen molar-refractivity contribution in [3.63, 3.8) is 0 Å². The van der Waals surface area contributed by atoms with E-state index in [1.54, 1.807) is 21.3 Å². The minimum Gasteiger partial charge on any atom is -0.493 e. The Morgan fingerprint density at radius 3 is 2.41 bits per heavy atom. The van der Waals surface area contributed by atoms with Crippen molar-refractivity contribution in [2.75, 3.05) is 47.5 Å². The summed E-state index contributed by atoms with van der Waals surface area (Å²) in [6.45, 7) is 3.67. The number of carbonyl (C=O) groups is 1. The molecule has 1 saturated heterocycles. The number of hydrogen-bond acceptors (Lipinski definition) is 6. The first-order valence-corrected chi connectivity index (χ1v) is 9.99. The number of amides is 1. The van der Waals surface area contributed by atoms with Crippen LogP contribution in [0.4, 0.5) is 0 Å². The second-order valence-corrected chi connectivity index (χ2v) is 7.54. The van der Waals surface area contributed by atoms with Crippen LogP contribution in [0.3, 0.4) is 0 Å². The van der Waals surface area contributed by atoms with Crippen molar-refractivity contribution >= 4 is 5.91 Å². The average molecular weight is 400 g/mol. The Morgan fingerprint density at radius 2 is 1.79 bits per heavy atom. The van der Waals surface area contributed by atoms with Crippen molar-refractivity contribution in [1.82, 2.24) is 20.0 Å². The zero-order valence-electron chi connectivity index (χ0n) is 17.2. The molecule has 1 amide bonds. The molecule has 0 spiro atoms. The summed E-state index contributed by atoms with van der Waals surface area (Å²) >= 11 is 0. The number of hydrogen-bond donors (Lipinski definition) is 1. The third kappa shape index (κ3) is 4.03. The molecule has 0 atom stereocenters. The second kappa shape index (κ2) is 8.32. The second-order valence-electron chi connectivity index (χ2n) is 7.54. The number of rotatable bonds is 7. The molecule has 8 heteroatoms. The molecule has 2 aliphatic rings. The van der Waals surface area contributed by atoms with Crippen molar-refractivity contribution in [3.05, 3.63) is 35.2 Å². The molecule has 1 aliphatic heterocycles. The van der Waals surface area contributed by atoms with Gasteiger partial charge < -0.3 is 19.1 Å². The van der Waals surface area contributed by atoms with Gasteiger partial charge in [0, 0.05) is 49.9 Å². The summed E-state index contributed by atoms with van der Waals surface area (Å²) in [4.78, 5) is 16.9. The molecule has 4 rings (SSSR count). The van der Waals surface area contributed by atoms with Crippen molar-refractivity contribution in [2.45, 2.75) is 25.3 Å². The van der Waals surface area contributed by atoms with Gasteiger partial charge in [-0.15, -0.1) is 0 Å². The average Bonchev–Trinajstić information content (AvgIpc) is 3.49. The number of piperazine rings is 1. The molecule has 8 nitrogen and oxygen atoms in total. The summed E-state index contributed by atoms with van der Waals surface area (Å²) in [7, 11) is 4.86. The summed E-state index contributed by atoms with van der Waals surface area (Å²) in [6, 6.07) is 5.81. The van der Waals surface area contributed by atoms with Crippen LogP contribution in [0.5, 0.6) is 17.2 Å². The van der Waals surface area contributed by atoms with Crippen molar-refractivity contribution in [2.24, 2.45) is 0 Å². The predicted molar refractivity (Wildman–Crippen MR) is 108 cm³/mol. The Hall–Kier alpha value is -2.74. The molecule has 1 saturated carbocycles. The highest BCUT2D eigenvalue weighted by molar-refractivity contribution is 5.92. The first-order valence-electron chi connectivity index (χ1n) is 9.99. The van der Waals surface area contributed by atoms with E-state index in [0.29, 0.717) is 41.9 Å². The van der Waals surface area contributed by atoms with Gasteiger partial charge in [-0.25, -0.2) is 0 Å². The summed E-state index contributed by atoms with van der Waals surface area (Å²) in [5.74, 6) is 2.52. The molecule has 0 unspecified atom stereocenters. The Bertz CT molecular complexity index is 870. The molecule has 1 aliphatic carbocycles. The van der Waals surface area contributed by atoms with Crippen molar-refractivity contribution in [3.8, 4) is 17.2 Å². The van der Waals surface area contributed by atoms with Gasteiger partial charge in [0.15, 0.2) is 11.5 Å².